The summed E-state index contributed by atoms with van der Waals surface area (Å²) in [5, 5.41) is 0. The summed E-state index contributed by atoms with van der Waals surface area (Å²) in [4.78, 5) is 0. The van der Waals surface area contributed by atoms with E-state index in [0.717, 1.165) is 12.8 Å². The van der Waals surface area contributed by atoms with Gasteiger partial charge in [0.25, 0.3) is 0 Å². The zero-order valence-corrected chi connectivity index (χ0v) is 12.4. The summed E-state index contributed by atoms with van der Waals surface area (Å²) in [7, 11) is -3.41. The highest BCUT2D eigenvalue weighted by atomic mass is 32.2. The second-order valence-corrected chi connectivity index (χ2v) is 7.47. The smallest absolute Gasteiger partial charge is 0.218 e. The first-order chi connectivity index (χ1) is 9.38. The summed E-state index contributed by atoms with van der Waals surface area (Å²) in [5.74, 6) is -0.369. The first kappa shape index (κ1) is 15.4. The van der Waals surface area contributed by atoms with E-state index in [9.17, 15) is 12.8 Å². The molecule has 4 nitrogen and oxygen atoms in total. The zero-order valence-electron chi connectivity index (χ0n) is 11.6. The first-order valence-corrected chi connectivity index (χ1v) is 8.47. The number of hydrogen-bond donors (Lipinski definition) is 1. The normalized spacial score (nSPS) is 22.6. The monoisotopic (exact) mass is 300 g/mol. The van der Waals surface area contributed by atoms with Gasteiger partial charge in [0.15, 0.2) is 0 Å². The van der Waals surface area contributed by atoms with Crippen LogP contribution in [-0.2, 0) is 15.8 Å². The molecule has 1 aliphatic rings. The Kier molecular flexibility index (Phi) is 4.78. The average Bonchev–Trinajstić information content (AvgIpc) is 2.38. The van der Waals surface area contributed by atoms with Gasteiger partial charge in [-0.15, -0.1) is 0 Å². The van der Waals surface area contributed by atoms with Crippen LogP contribution >= 0.6 is 0 Å². The lowest BCUT2D eigenvalue weighted by molar-refractivity contribution is 0.243. The molecule has 0 saturated carbocycles. The molecule has 112 valence electrons. The number of nitrogens with two attached hydrogens (primary N) is 1. The Morgan fingerprint density at radius 2 is 2.25 bits per heavy atom. The molecule has 1 aromatic carbocycles. The molecule has 1 aliphatic heterocycles. The van der Waals surface area contributed by atoms with Crippen LogP contribution in [0.1, 0.15) is 25.3 Å². The van der Waals surface area contributed by atoms with Crippen LogP contribution in [0, 0.1) is 11.7 Å². The van der Waals surface area contributed by atoms with Gasteiger partial charge in [0.1, 0.15) is 5.82 Å². The van der Waals surface area contributed by atoms with Gasteiger partial charge in [0.05, 0.1) is 5.75 Å². The largest absolute Gasteiger partial charge is 0.328 e. The van der Waals surface area contributed by atoms with Crippen molar-refractivity contribution < 1.29 is 12.8 Å². The quantitative estimate of drug-likeness (QED) is 0.921. The molecule has 1 heterocycles. The van der Waals surface area contributed by atoms with Gasteiger partial charge in [-0.1, -0.05) is 12.1 Å². The van der Waals surface area contributed by atoms with Crippen LogP contribution in [0.15, 0.2) is 24.3 Å². The Balaban J connectivity index is 2.10. The third-order valence-electron chi connectivity index (χ3n) is 3.80. The number of nitrogens with zero attached hydrogens (tertiary/aromatic N) is 1. The van der Waals surface area contributed by atoms with Gasteiger partial charge in [0, 0.05) is 19.1 Å². The minimum absolute atomic E-state index is 0.0119. The van der Waals surface area contributed by atoms with Gasteiger partial charge in [0.2, 0.25) is 10.0 Å². The second kappa shape index (κ2) is 6.20. The summed E-state index contributed by atoms with van der Waals surface area (Å²) < 4.78 is 39.4. The summed E-state index contributed by atoms with van der Waals surface area (Å²) in [6.07, 6.45) is 1.79. The molecule has 0 aromatic heterocycles. The lowest BCUT2D eigenvalue weighted by Crippen LogP contribution is -2.45. The molecule has 2 N–H and O–H groups in total. The van der Waals surface area contributed by atoms with Crippen molar-refractivity contribution >= 4 is 10.0 Å². The molecular weight excluding hydrogens is 279 g/mol. The maximum absolute atomic E-state index is 13.1. The van der Waals surface area contributed by atoms with Crippen molar-refractivity contribution in [3.05, 3.63) is 35.6 Å². The average molecular weight is 300 g/mol. The molecule has 1 fully saturated rings. The van der Waals surface area contributed by atoms with Crippen molar-refractivity contribution in [1.82, 2.24) is 4.31 Å². The fourth-order valence-electron chi connectivity index (χ4n) is 2.58. The molecule has 0 aliphatic carbocycles. The van der Waals surface area contributed by atoms with Crippen molar-refractivity contribution in [2.24, 2.45) is 11.7 Å². The molecule has 1 saturated heterocycles. The predicted molar refractivity (Wildman–Crippen MR) is 77.0 cm³/mol. The Morgan fingerprint density at radius 3 is 2.90 bits per heavy atom. The van der Waals surface area contributed by atoms with Crippen molar-refractivity contribution in [1.29, 1.82) is 0 Å². The Bertz CT molecular complexity index is 560. The van der Waals surface area contributed by atoms with Gasteiger partial charge in [-0.05, 0) is 43.4 Å². The Labute approximate surface area is 119 Å². The maximum Gasteiger partial charge on any atom is 0.218 e. The van der Waals surface area contributed by atoms with E-state index in [1.807, 2.05) is 6.92 Å². The number of halogens is 1. The number of piperidine rings is 1. The maximum atomic E-state index is 13.1. The molecule has 0 bridgehead atoms. The standard InChI is InChI=1S/C14H21FN2O2S/c1-11(16)13-5-3-7-17(9-13)20(18,19)10-12-4-2-6-14(15)8-12/h2,4,6,8,11,13H,3,5,7,9-10,16H2,1H3/t11-,13-/m1/s1. The molecular formula is C14H21FN2O2S. The van der Waals surface area contributed by atoms with Crippen molar-refractivity contribution in [3.8, 4) is 0 Å². The second-order valence-electron chi connectivity index (χ2n) is 5.51. The van der Waals surface area contributed by atoms with E-state index in [0.29, 0.717) is 18.7 Å². The minimum Gasteiger partial charge on any atom is -0.328 e. The van der Waals surface area contributed by atoms with Crippen LogP contribution in [0.2, 0.25) is 0 Å². The minimum atomic E-state index is -3.41. The van der Waals surface area contributed by atoms with Crippen LogP contribution in [0.3, 0.4) is 0 Å². The van der Waals surface area contributed by atoms with Gasteiger partial charge >= 0.3 is 0 Å². The van der Waals surface area contributed by atoms with Crippen LogP contribution in [-0.4, -0.2) is 31.9 Å². The topological polar surface area (TPSA) is 63.4 Å². The van der Waals surface area contributed by atoms with E-state index in [1.54, 1.807) is 6.07 Å². The van der Waals surface area contributed by atoms with Crippen molar-refractivity contribution in [2.75, 3.05) is 13.1 Å². The van der Waals surface area contributed by atoms with E-state index < -0.39 is 15.8 Å². The van der Waals surface area contributed by atoms with Gasteiger partial charge in [-0.3, -0.25) is 0 Å². The predicted octanol–water partition coefficient (Wildman–Crippen LogP) is 1.71. The summed E-state index contributed by atoms with van der Waals surface area (Å²) in [6, 6.07) is 5.73. The fraction of sp³-hybridized carbons (Fsp3) is 0.571. The van der Waals surface area contributed by atoms with Crippen molar-refractivity contribution in [3.63, 3.8) is 0 Å². The lowest BCUT2D eigenvalue weighted by atomic mass is 9.93. The van der Waals surface area contributed by atoms with E-state index >= 15 is 0 Å². The Hall–Kier alpha value is -0.980. The molecule has 6 heteroatoms. The summed E-state index contributed by atoms with van der Waals surface area (Å²) >= 11 is 0. The van der Waals surface area contributed by atoms with E-state index in [4.69, 9.17) is 5.73 Å². The first-order valence-electron chi connectivity index (χ1n) is 6.86. The van der Waals surface area contributed by atoms with Crippen LogP contribution in [0.4, 0.5) is 4.39 Å². The van der Waals surface area contributed by atoms with Gasteiger partial charge in [-0.25, -0.2) is 17.1 Å². The number of rotatable bonds is 4. The molecule has 0 amide bonds. The fourth-order valence-corrected chi connectivity index (χ4v) is 4.19. The van der Waals surface area contributed by atoms with E-state index in [2.05, 4.69) is 0 Å². The molecule has 20 heavy (non-hydrogen) atoms. The van der Waals surface area contributed by atoms with Crippen LogP contribution < -0.4 is 5.73 Å². The number of sulfonamides is 1. The molecule has 1 aromatic rings. The zero-order chi connectivity index (χ0) is 14.8. The SMILES string of the molecule is C[C@@H](N)[C@@H]1CCCN(S(=O)(=O)Cc2cccc(F)c2)C1. The molecule has 0 spiro atoms. The van der Waals surface area contributed by atoms with E-state index in [1.165, 1.54) is 22.5 Å². The van der Waals surface area contributed by atoms with Gasteiger partial charge in [-0.2, -0.15) is 0 Å². The third-order valence-corrected chi connectivity index (χ3v) is 5.61. The highest BCUT2D eigenvalue weighted by molar-refractivity contribution is 7.88. The molecule has 2 rings (SSSR count). The number of hydrogen-bond acceptors (Lipinski definition) is 3. The number of benzene rings is 1. The van der Waals surface area contributed by atoms with Crippen LogP contribution in [0.5, 0.6) is 0 Å². The van der Waals surface area contributed by atoms with E-state index in [-0.39, 0.29) is 17.7 Å². The summed E-state index contributed by atoms with van der Waals surface area (Å²) in [6.45, 7) is 2.91. The Morgan fingerprint density at radius 1 is 1.50 bits per heavy atom. The highest BCUT2D eigenvalue weighted by Crippen LogP contribution is 2.23. The molecule has 0 unspecified atom stereocenters. The van der Waals surface area contributed by atoms with Gasteiger partial charge < -0.3 is 5.73 Å². The third kappa shape index (κ3) is 3.77. The highest BCUT2D eigenvalue weighted by Gasteiger charge is 2.30. The summed E-state index contributed by atoms with van der Waals surface area (Å²) in [5.41, 5.74) is 6.35. The lowest BCUT2D eigenvalue weighted by Gasteiger charge is -2.33. The molecule has 2 atom stereocenters. The molecule has 0 radical (unpaired) electrons. The van der Waals surface area contributed by atoms with Crippen LogP contribution in [0.25, 0.3) is 0 Å². The van der Waals surface area contributed by atoms with Crippen molar-refractivity contribution in [2.45, 2.75) is 31.6 Å².